The lowest BCUT2D eigenvalue weighted by Gasteiger charge is -2.18. The first-order valence-electron chi connectivity index (χ1n) is 9.96. The van der Waals surface area contributed by atoms with Crippen LogP contribution in [0.25, 0.3) is 0 Å². The van der Waals surface area contributed by atoms with Gasteiger partial charge in [-0.1, -0.05) is 82.7 Å². The van der Waals surface area contributed by atoms with E-state index in [0.29, 0.717) is 0 Å². The lowest BCUT2D eigenvalue weighted by molar-refractivity contribution is 0.437. The van der Waals surface area contributed by atoms with Gasteiger partial charge in [0.25, 0.3) is 0 Å². The Labute approximate surface area is 158 Å². The van der Waals surface area contributed by atoms with Crippen LogP contribution in [0.1, 0.15) is 76.4 Å². The zero-order valence-corrected chi connectivity index (χ0v) is 16.9. The summed E-state index contributed by atoms with van der Waals surface area (Å²) in [5.74, 6) is 1.96. The Bertz CT molecular complexity index is 633. The lowest BCUT2D eigenvalue weighted by atomic mass is 9.94. The van der Waals surface area contributed by atoms with Gasteiger partial charge in [0.15, 0.2) is 0 Å². The van der Waals surface area contributed by atoms with E-state index in [1.54, 1.807) is 0 Å². The monoisotopic (exact) mass is 360 g/mol. The van der Waals surface area contributed by atoms with Gasteiger partial charge in [-0.25, -0.2) is 4.98 Å². The SMILES string of the molecule is CCCCc1ncc(CC(CC)CCCC)n1Cc1ccccc1Cl. The molecule has 1 aromatic heterocycles. The lowest BCUT2D eigenvalue weighted by Crippen LogP contribution is -2.13. The van der Waals surface area contributed by atoms with Crippen LogP contribution in [-0.4, -0.2) is 9.55 Å². The van der Waals surface area contributed by atoms with Crippen LogP contribution in [0.3, 0.4) is 0 Å². The molecule has 1 unspecified atom stereocenters. The van der Waals surface area contributed by atoms with Crippen LogP contribution in [0.2, 0.25) is 5.02 Å². The molecule has 1 heterocycles. The minimum atomic E-state index is 0.751. The normalized spacial score (nSPS) is 12.5. The third kappa shape index (κ3) is 5.88. The molecule has 2 nitrogen and oxygen atoms in total. The average molecular weight is 361 g/mol. The molecule has 0 bridgehead atoms. The van der Waals surface area contributed by atoms with Crippen molar-refractivity contribution in [3.63, 3.8) is 0 Å². The molecule has 2 aromatic rings. The number of rotatable bonds is 11. The molecule has 2 rings (SSSR count). The topological polar surface area (TPSA) is 17.8 Å². The molecule has 0 saturated heterocycles. The van der Waals surface area contributed by atoms with Crippen molar-refractivity contribution >= 4 is 11.6 Å². The summed E-state index contributed by atoms with van der Waals surface area (Å²) < 4.78 is 2.42. The Balaban J connectivity index is 2.23. The van der Waals surface area contributed by atoms with Crippen LogP contribution in [0.5, 0.6) is 0 Å². The smallest absolute Gasteiger partial charge is 0.109 e. The summed E-state index contributed by atoms with van der Waals surface area (Å²) in [5, 5.41) is 0.849. The highest BCUT2D eigenvalue weighted by atomic mass is 35.5. The van der Waals surface area contributed by atoms with Gasteiger partial charge in [-0.05, 0) is 30.4 Å². The van der Waals surface area contributed by atoms with E-state index in [2.05, 4.69) is 43.7 Å². The summed E-state index contributed by atoms with van der Waals surface area (Å²) >= 11 is 6.42. The number of halogens is 1. The molecule has 0 spiro atoms. The van der Waals surface area contributed by atoms with E-state index >= 15 is 0 Å². The minimum Gasteiger partial charge on any atom is -0.328 e. The maximum atomic E-state index is 6.42. The Morgan fingerprint density at radius 3 is 2.52 bits per heavy atom. The van der Waals surface area contributed by atoms with E-state index in [0.717, 1.165) is 30.3 Å². The van der Waals surface area contributed by atoms with Crippen molar-refractivity contribution in [1.29, 1.82) is 0 Å². The van der Waals surface area contributed by atoms with Crippen LogP contribution in [0.15, 0.2) is 30.5 Å². The van der Waals surface area contributed by atoms with Gasteiger partial charge < -0.3 is 4.57 Å². The Morgan fingerprint density at radius 2 is 1.84 bits per heavy atom. The Kier molecular flexibility index (Phi) is 8.54. The van der Waals surface area contributed by atoms with Crippen molar-refractivity contribution in [3.05, 3.63) is 52.6 Å². The molecule has 1 atom stereocenters. The second-order valence-corrected chi connectivity index (χ2v) is 7.47. The molecule has 0 aliphatic heterocycles. The van der Waals surface area contributed by atoms with E-state index in [1.807, 2.05) is 12.1 Å². The van der Waals surface area contributed by atoms with Crippen LogP contribution < -0.4 is 0 Å². The first kappa shape index (κ1) is 20.0. The van der Waals surface area contributed by atoms with Crippen molar-refractivity contribution in [2.75, 3.05) is 0 Å². The van der Waals surface area contributed by atoms with Gasteiger partial charge in [0.2, 0.25) is 0 Å². The first-order chi connectivity index (χ1) is 12.2. The highest BCUT2D eigenvalue weighted by Crippen LogP contribution is 2.23. The molecule has 0 aliphatic rings. The van der Waals surface area contributed by atoms with Gasteiger partial charge in [0, 0.05) is 23.3 Å². The molecular formula is C22H33ClN2. The van der Waals surface area contributed by atoms with E-state index in [4.69, 9.17) is 16.6 Å². The fraction of sp³-hybridized carbons (Fsp3) is 0.591. The predicted molar refractivity (Wildman–Crippen MR) is 108 cm³/mol. The number of aryl methyl sites for hydroxylation is 1. The maximum Gasteiger partial charge on any atom is 0.109 e. The molecule has 0 amide bonds. The number of benzene rings is 1. The quantitative estimate of drug-likeness (QED) is 0.436. The predicted octanol–water partition coefficient (Wildman–Crippen LogP) is 6.69. The molecule has 0 saturated carbocycles. The second-order valence-electron chi connectivity index (χ2n) is 7.07. The van der Waals surface area contributed by atoms with Crippen LogP contribution in [0.4, 0.5) is 0 Å². The maximum absolute atomic E-state index is 6.42. The molecule has 0 fully saturated rings. The third-order valence-electron chi connectivity index (χ3n) is 5.10. The summed E-state index contributed by atoms with van der Waals surface area (Å²) in [4.78, 5) is 4.77. The molecule has 25 heavy (non-hydrogen) atoms. The average Bonchev–Trinajstić information content (AvgIpc) is 3.00. The highest BCUT2D eigenvalue weighted by Gasteiger charge is 2.15. The summed E-state index contributed by atoms with van der Waals surface area (Å²) in [6.45, 7) is 7.66. The van der Waals surface area contributed by atoms with E-state index in [-0.39, 0.29) is 0 Å². The molecule has 3 heteroatoms. The zero-order valence-electron chi connectivity index (χ0n) is 16.1. The standard InChI is InChI=1S/C22H33ClN2/c1-4-7-11-18(6-3)15-20-16-24-22(14-8-5-2)25(20)17-19-12-9-10-13-21(19)23/h9-10,12-13,16,18H,4-8,11,14-15,17H2,1-3H3. The highest BCUT2D eigenvalue weighted by molar-refractivity contribution is 6.31. The van der Waals surface area contributed by atoms with Crippen LogP contribution in [0, 0.1) is 5.92 Å². The molecular weight excluding hydrogens is 328 g/mol. The van der Waals surface area contributed by atoms with Crippen molar-refractivity contribution in [1.82, 2.24) is 9.55 Å². The number of hydrogen-bond donors (Lipinski definition) is 0. The van der Waals surface area contributed by atoms with Gasteiger partial charge >= 0.3 is 0 Å². The van der Waals surface area contributed by atoms with Crippen molar-refractivity contribution < 1.29 is 0 Å². The van der Waals surface area contributed by atoms with Crippen molar-refractivity contribution in [2.24, 2.45) is 5.92 Å². The number of hydrogen-bond acceptors (Lipinski definition) is 1. The summed E-state index contributed by atoms with van der Waals surface area (Å²) in [6, 6.07) is 8.18. The molecule has 0 radical (unpaired) electrons. The van der Waals surface area contributed by atoms with Crippen LogP contribution in [-0.2, 0) is 19.4 Å². The number of nitrogens with zero attached hydrogens (tertiary/aromatic N) is 2. The van der Waals surface area contributed by atoms with Crippen molar-refractivity contribution in [2.45, 2.75) is 78.7 Å². The molecule has 138 valence electrons. The van der Waals surface area contributed by atoms with Crippen molar-refractivity contribution in [3.8, 4) is 0 Å². The zero-order chi connectivity index (χ0) is 18.1. The van der Waals surface area contributed by atoms with Gasteiger partial charge in [-0.2, -0.15) is 0 Å². The summed E-state index contributed by atoms with van der Waals surface area (Å²) in [5.41, 5.74) is 2.55. The fourth-order valence-electron chi connectivity index (χ4n) is 3.38. The Hall–Kier alpha value is -1.28. The first-order valence-corrected chi connectivity index (χ1v) is 10.3. The fourth-order valence-corrected chi connectivity index (χ4v) is 3.58. The number of unbranched alkanes of at least 4 members (excludes halogenated alkanes) is 2. The summed E-state index contributed by atoms with van der Waals surface area (Å²) in [6.07, 6.45) is 11.8. The minimum absolute atomic E-state index is 0.751. The number of imidazole rings is 1. The summed E-state index contributed by atoms with van der Waals surface area (Å²) in [7, 11) is 0. The Morgan fingerprint density at radius 1 is 1.08 bits per heavy atom. The largest absolute Gasteiger partial charge is 0.328 e. The molecule has 1 aromatic carbocycles. The van der Waals surface area contributed by atoms with Gasteiger partial charge in [0.05, 0.1) is 6.54 Å². The molecule has 0 N–H and O–H groups in total. The van der Waals surface area contributed by atoms with Gasteiger partial charge in [0.1, 0.15) is 5.82 Å². The van der Waals surface area contributed by atoms with Crippen LogP contribution >= 0.6 is 11.6 Å². The third-order valence-corrected chi connectivity index (χ3v) is 5.47. The van der Waals surface area contributed by atoms with E-state index < -0.39 is 0 Å². The second kappa shape index (κ2) is 10.7. The van der Waals surface area contributed by atoms with E-state index in [9.17, 15) is 0 Å². The van der Waals surface area contributed by atoms with E-state index in [1.165, 1.54) is 55.6 Å². The van der Waals surface area contributed by atoms with Gasteiger partial charge in [-0.15, -0.1) is 0 Å². The number of aromatic nitrogens is 2. The molecule has 0 aliphatic carbocycles. The van der Waals surface area contributed by atoms with Gasteiger partial charge in [-0.3, -0.25) is 0 Å².